The van der Waals surface area contributed by atoms with Crippen molar-refractivity contribution in [3.63, 3.8) is 0 Å². The molecule has 124 heavy (non-hydrogen) atoms. The largest absolute Gasteiger partial charge is 0.508 e. The number of alkyl carbamates (subject to hydrolysis) is 2. The summed E-state index contributed by atoms with van der Waals surface area (Å²) in [5.41, 5.74) is 4.02. The molecule has 12 unspecified atom stereocenters. The predicted octanol–water partition coefficient (Wildman–Crippen LogP) is 4.45. The molecule has 6 fully saturated rings. The highest BCUT2D eigenvalue weighted by Gasteiger charge is 2.54. The number of phenols is 1. The van der Waals surface area contributed by atoms with Gasteiger partial charge in [0.25, 0.3) is 0 Å². The number of carbonyl (C=O) groups is 9. The number of amides is 9. The smallest absolute Gasteiger partial charge is 0.408 e. The van der Waals surface area contributed by atoms with Crippen molar-refractivity contribution in [2.75, 3.05) is 13.2 Å². The molecule has 7 heterocycles. The first-order valence-corrected chi connectivity index (χ1v) is 42.0. The van der Waals surface area contributed by atoms with Crippen molar-refractivity contribution >= 4 is 82.3 Å². The van der Waals surface area contributed by atoms with E-state index in [0.717, 1.165) is 68.2 Å². The second-order valence-electron chi connectivity index (χ2n) is 36.1. The number of phenolic OH excluding ortho intramolecular Hbond substituents is 1. The Labute approximate surface area is 723 Å². The van der Waals surface area contributed by atoms with E-state index in [2.05, 4.69) is 48.0 Å². The Morgan fingerprint density at radius 1 is 0.669 bits per heavy atom. The number of nitrogens with one attached hydrogen (secondary N) is 9. The van der Waals surface area contributed by atoms with E-state index in [9.17, 15) is 65.1 Å². The van der Waals surface area contributed by atoms with Crippen LogP contribution in [0.2, 0.25) is 10.0 Å². The second-order valence-corrected chi connectivity index (χ2v) is 36.9. The Bertz CT molecular complexity index is 4800. The molecule has 4 saturated carbocycles. The first-order valence-electron chi connectivity index (χ1n) is 41.3. The molecule has 19 atom stereocenters. The van der Waals surface area contributed by atoms with Crippen molar-refractivity contribution in [1.82, 2.24) is 48.0 Å². The van der Waals surface area contributed by atoms with Crippen LogP contribution in [0, 0.1) is 29.6 Å². The van der Waals surface area contributed by atoms with Gasteiger partial charge in [-0.1, -0.05) is 55.2 Å². The lowest BCUT2D eigenvalue weighted by atomic mass is 9.54. The number of nitrogens with two attached hydrogens (primary N) is 1. The maximum absolute atomic E-state index is 16.5. The van der Waals surface area contributed by atoms with Crippen molar-refractivity contribution in [2.45, 2.75) is 260 Å². The van der Waals surface area contributed by atoms with Gasteiger partial charge in [-0.2, -0.15) is 5.48 Å². The number of aliphatic hydroxyl groups excluding tert-OH is 8. The van der Waals surface area contributed by atoms with Gasteiger partial charge in [-0.25, -0.2) is 9.59 Å². The number of ether oxygens (including phenoxy) is 8. The Morgan fingerprint density at radius 3 is 1.85 bits per heavy atom. The van der Waals surface area contributed by atoms with Gasteiger partial charge in [0.15, 0.2) is 23.9 Å². The van der Waals surface area contributed by atoms with E-state index < -0.39 is 256 Å². The third-order valence-electron chi connectivity index (χ3n) is 23.7. The van der Waals surface area contributed by atoms with Crippen LogP contribution in [0.25, 0.3) is 5.57 Å². The topological polar surface area (TPSA) is 553 Å². The second kappa shape index (κ2) is 37.1. The van der Waals surface area contributed by atoms with E-state index in [-0.39, 0.29) is 64.0 Å². The molecule has 0 radical (unpaired) electrons. The number of hydrogen-bond donors (Lipinski definition) is 19. The fraction of sp³-hybridized carbons (Fsp3) is 0.565. The number of fused-ring (bicyclic) bond motifs is 14. The van der Waals surface area contributed by atoms with Gasteiger partial charge in [-0.3, -0.25) is 38.4 Å². The van der Waals surface area contributed by atoms with Crippen molar-refractivity contribution in [3.05, 3.63) is 122 Å². The molecule has 7 aliphatic heterocycles. The molecule has 4 aromatic rings. The van der Waals surface area contributed by atoms with E-state index in [0.29, 0.717) is 23.7 Å². The van der Waals surface area contributed by atoms with Crippen LogP contribution in [0.4, 0.5) is 9.59 Å². The van der Waals surface area contributed by atoms with Crippen LogP contribution in [0.15, 0.2) is 84.1 Å². The predicted molar refractivity (Wildman–Crippen MR) is 438 cm³/mol. The van der Waals surface area contributed by atoms with Gasteiger partial charge in [0.1, 0.15) is 107 Å². The molecule has 15 bridgehead atoms. The lowest BCUT2D eigenvalue weighted by Gasteiger charge is -2.54. The van der Waals surface area contributed by atoms with Gasteiger partial charge in [-0.15, -0.1) is 0 Å². The average Bonchev–Trinajstić information content (AvgIpc) is 0.766. The van der Waals surface area contributed by atoms with Crippen molar-refractivity contribution < 1.29 is 132 Å². The molecule has 0 spiro atoms. The van der Waals surface area contributed by atoms with Crippen LogP contribution < -0.4 is 68.0 Å². The maximum Gasteiger partial charge on any atom is 0.408 e. The SMILES string of the molecule is CC(C)C[C@@H](NC(=O)OC(C)(C)C)C(=O)N[C@H]1C(=O)N[C@@H](CC(N)=O)C(=O)N[C@H]2C(=O)N[C@H]3C(=O)N[C@@H](C(=O)N[C@H](CONC4C5CC6CC(C5)CC4C6)C4=C(C(O)=CC(O)C4)c4cc3ccc4O)C(O)c3ccc(c(Cl)c3)Oc3cc2cc(c3OC2OC(CO)C(O)C(O)C2OC2CC(C)(NC(=O)OC(C)(C)C)C(O)C(C)O2)Oc2ccc(cc2Cl)C1O. The zero-order chi connectivity index (χ0) is 89.8. The van der Waals surface area contributed by atoms with Gasteiger partial charge in [0.2, 0.25) is 53.4 Å². The van der Waals surface area contributed by atoms with Crippen LogP contribution in [0.5, 0.6) is 34.5 Å². The normalized spacial score (nSPS) is 32.1. The Morgan fingerprint density at radius 2 is 1.25 bits per heavy atom. The summed E-state index contributed by atoms with van der Waals surface area (Å²) in [4.78, 5) is 140. The van der Waals surface area contributed by atoms with Gasteiger partial charge in [0, 0.05) is 30.0 Å². The van der Waals surface area contributed by atoms with Gasteiger partial charge >= 0.3 is 12.2 Å². The molecule has 0 aromatic heterocycles. The average molecular weight is 1770 g/mol. The summed E-state index contributed by atoms with van der Waals surface area (Å²) in [5.74, 6) is -11.5. The van der Waals surface area contributed by atoms with Crippen LogP contribution in [0.1, 0.15) is 179 Å². The standard InChI is InChI=1S/C85H108Cl2N10O27/c1-34(2)17-49(91-81(114)123-83(4,5)6)74(108)94-65-67(103)39-12-15-54(47(86)24-39)118-56-26-43-27-57(71(56)122-80-72(70(106)69(105)58(32-98)120-80)121-60-31-85(10,73(107)35(3)117-60)96-82(115)124-84(7,8)9)119-55-16-13-40(25-48(55)87)68(104)66-79(113)90-51(33-116-97-62-41-19-36-18-37(21-41)22-42(62)20-36)45-28-44(99)29-53(101)61(45)46-23-38(11-14-52(46)100)63(76(110)95-66)93-77(111)64(43)92-75(109)50(30-59(88)102)89-78(65)112/h11-16,23-27,29,34-37,41-42,44,49-51,58,60,62-70,72-73,80,97-101,103-107H,17-22,28,30-33H2,1-10H3,(H2,88,102)(H,89,112)(H,90,113)(H,91,114)(H,92,109)(H,93,111)(H,94,108)(H,95,110)(H,96,115)/t35?,36?,37?,41?,42?,44?,49-,50+,51-,58?,60?,62?,63-,64-,65-,66-,67?,68?,69?,70?,72?,73?,80?,85?/m1/s1. The highest BCUT2D eigenvalue weighted by atomic mass is 35.5. The summed E-state index contributed by atoms with van der Waals surface area (Å²) in [6.07, 6.45) is -17.5. The van der Waals surface area contributed by atoms with Crippen LogP contribution in [-0.4, -0.2) is 221 Å². The summed E-state index contributed by atoms with van der Waals surface area (Å²) in [7, 11) is 0. The van der Waals surface area contributed by atoms with Crippen molar-refractivity contribution in [1.29, 1.82) is 0 Å². The maximum atomic E-state index is 16.5. The number of aliphatic hydroxyl groups is 8. The van der Waals surface area contributed by atoms with E-state index in [1.807, 2.05) is 0 Å². The lowest BCUT2D eigenvalue weighted by Crippen LogP contribution is -2.66. The summed E-state index contributed by atoms with van der Waals surface area (Å²) < 4.78 is 50.3. The van der Waals surface area contributed by atoms with E-state index >= 15 is 24.0 Å². The monoisotopic (exact) mass is 1770 g/mol. The van der Waals surface area contributed by atoms with E-state index in [4.69, 9.17) is 71.7 Å². The highest BCUT2D eigenvalue weighted by molar-refractivity contribution is 6.32. The van der Waals surface area contributed by atoms with Crippen LogP contribution in [0.3, 0.4) is 0 Å². The Balaban J connectivity index is 0.987. The summed E-state index contributed by atoms with van der Waals surface area (Å²) in [5, 5.41) is 128. The number of hydrogen-bond acceptors (Lipinski definition) is 28. The minimum atomic E-state index is -2.38. The first-order chi connectivity index (χ1) is 58.4. The summed E-state index contributed by atoms with van der Waals surface area (Å²) in [6, 6.07) is -1.31. The minimum absolute atomic E-state index is 0.0673. The number of carbonyl (C=O) groups excluding carboxylic acids is 9. The molecule has 16 rings (SSSR count). The summed E-state index contributed by atoms with van der Waals surface area (Å²) >= 11 is 14.5. The number of allylic oxidation sites excluding steroid dienone is 1. The molecule has 12 aliphatic rings. The van der Waals surface area contributed by atoms with Gasteiger partial charge < -0.3 is 132 Å². The van der Waals surface area contributed by atoms with Crippen LogP contribution in [-0.2, 0) is 62.1 Å². The molecule has 2 saturated heterocycles. The van der Waals surface area contributed by atoms with Gasteiger partial charge in [0.05, 0.1) is 53.5 Å². The number of halogens is 2. The molecule has 4 aromatic carbocycles. The highest BCUT2D eigenvalue weighted by Crippen LogP contribution is 2.55. The van der Waals surface area contributed by atoms with Crippen molar-refractivity contribution in [3.8, 4) is 34.5 Å². The number of rotatable bonds is 17. The Hall–Kier alpha value is -9.71. The quantitative estimate of drug-likeness (QED) is 0.0649. The number of benzene rings is 4. The molecule has 9 amide bonds. The molecule has 5 aliphatic carbocycles. The fourth-order valence-electron chi connectivity index (χ4n) is 18.1. The fourth-order valence-corrected chi connectivity index (χ4v) is 18.5. The molecule has 20 N–H and O–H groups in total. The van der Waals surface area contributed by atoms with Gasteiger partial charge in [-0.05, 0) is 206 Å². The lowest BCUT2D eigenvalue weighted by molar-refractivity contribution is -0.334. The van der Waals surface area contributed by atoms with Crippen molar-refractivity contribution in [2.24, 2.45) is 35.3 Å². The Kier molecular flexibility index (Phi) is 27.5. The molecule has 674 valence electrons. The first kappa shape index (κ1) is 92.0. The number of aromatic hydroxyl groups is 1. The molecular weight excluding hydrogens is 1660 g/mol. The van der Waals surface area contributed by atoms with E-state index in [1.165, 1.54) is 50.6 Å². The summed E-state index contributed by atoms with van der Waals surface area (Å²) in [6.45, 7) is 14.5. The minimum Gasteiger partial charge on any atom is -0.508 e. The zero-order valence-corrected chi connectivity index (χ0v) is 71.3. The van der Waals surface area contributed by atoms with E-state index in [1.54, 1.807) is 55.4 Å². The number of hydroxylamine groups is 1. The van der Waals surface area contributed by atoms with Crippen LogP contribution >= 0.6 is 23.2 Å². The third kappa shape index (κ3) is 20.7. The molecule has 37 nitrogen and oxygen atoms in total. The molecular formula is C85H108Cl2N10O27. The zero-order valence-electron chi connectivity index (χ0n) is 69.8. The number of primary amides is 1. The molecule has 39 heteroatoms. The third-order valence-corrected chi connectivity index (χ3v) is 24.3.